The van der Waals surface area contributed by atoms with Crippen molar-refractivity contribution in [3.05, 3.63) is 23.2 Å². The zero-order chi connectivity index (χ0) is 19.3. The van der Waals surface area contributed by atoms with Crippen molar-refractivity contribution in [3.63, 3.8) is 0 Å². The number of likely N-dealkylation sites (tertiary alicyclic amines) is 1. The number of hydrogen-bond donors (Lipinski definition) is 2. The minimum Gasteiger partial charge on any atom is -0.476 e. The van der Waals surface area contributed by atoms with Crippen LogP contribution in [-0.4, -0.2) is 56.4 Å². The summed E-state index contributed by atoms with van der Waals surface area (Å²) >= 11 is 2.76. The molecule has 6 nitrogen and oxygen atoms in total. The fourth-order valence-corrected chi connectivity index (χ4v) is 4.41. The number of thiazole rings is 1. The molecule has 144 valence electrons. The Kier molecular flexibility index (Phi) is 7.25. The molecule has 8 heteroatoms. The van der Waals surface area contributed by atoms with Gasteiger partial charge < -0.3 is 15.1 Å². The molecule has 1 saturated heterocycles. The summed E-state index contributed by atoms with van der Waals surface area (Å²) in [6.07, 6.45) is 5.38. The molecule has 2 heterocycles. The lowest BCUT2D eigenvalue weighted by molar-refractivity contribution is -0.128. The molecule has 0 radical (unpaired) electrons. The largest absolute Gasteiger partial charge is 0.476 e. The van der Waals surface area contributed by atoms with Crippen LogP contribution in [0.2, 0.25) is 0 Å². The predicted molar refractivity (Wildman–Crippen MR) is 104 cm³/mol. The fraction of sp³-hybridized carbons (Fsp3) is 0.611. The monoisotopic (exact) mass is 398 g/mol. The Morgan fingerprint density at radius 2 is 2.31 bits per heavy atom. The van der Waals surface area contributed by atoms with Crippen molar-refractivity contribution in [3.8, 4) is 0 Å². The number of thioether (sulfide) groups is 1. The van der Waals surface area contributed by atoms with Crippen LogP contribution in [0.4, 0.5) is 0 Å². The second-order valence-corrected chi connectivity index (χ2v) is 9.22. The van der Waals surface area contributed by atoms with Gasteiger partial charge in [0.15, 0.2) is 10.0 Å². The standard InChI is InChI=1S/C18H26N2O4S2/c1-4-18(2,3)14(21)7-5-12-6-8-15(22)20(12)9-10-25-17-19-13(11-26-17)16(23)24/h5,7,11-12,14,21H,4,6,8-10H2,1-3H3,(H,23,24)/b7-5+/t12-,14+/m0/s1. The van der Waals surface area contributed by atoms with Gasteiger partial charge in [0.05, 0.1) is 12.1 Å². The van der Waals surface area contributed by atoms with Gasteiger partial charge in [-0.1, -0.05) is 44.7 Å². The molecule has 0 aromatic carbocycles. The van der Waals surface area contributed by atoms with Crippen LogP contribution in [0.3, 0.4) is 0 Å². The first kappa shape index (κ1) is 20.9. The molecule has 0 spiro atoms. The van der Waals surface area contributed by atoms with Gasteiger partial charge in [-0.05, 0) is 18.3 Å². The number of aromatic nitrogens is 1. The highest BCUT2D eigenvalue weighted by Gasteiger charge is 2.30. The molecule has 1 amide bonds. The average molecular weight is 399 g/mol. The number of amides is 1. The topological polar surface area (TPSA) is 90.7 Å². The summed E-state index contributed by atoms with van der Waals surface area (Å²) in [6.45, 7) is 6.67. The summed E-state index contributed by atoms with van der Waals surface area (Å²) in [5.41, 5.74) is -0.130. The highest BCUT2D eigenvalue weighted by Crippen LogP contribution is 2.28. The van der Waals surface area contributed by atoms with Gasteiger partial charge in [0.2, 0.25) is 5.91 Å². The molecule has 0 saturated carbocycles. The number of carboxylic acid groups (broad SMARTS) is 1. The Bertz CT molecular complexity index is 672. The third kappa shape index (κ3) is 5.31. The predicted octanol–water partition coefficient (Wildman–Crippen LogP) is 3.28. The molecule has 0 bridgehead atoms. The zero-order valence-electron chi connectivity index (χ0n) is 15.3. The van der Waals surface area contributed by atoms with E-state index in [2.05, 4.69) is 4.98 Å². The molecule has 1 aromatic rings. The number of aromatic carboxylic acids is 1. The maximum atomic E-state index is 12.1. The molecule has 2 atom stereocenters. The third-order valence-corrected chi connectivity index (χ3v) is 6.86. The number of carboxylic acids is 1. The van der Waals surface area contributed by atoms with Gasteiger partial charge in [0.25, 0.3) is 0 Å². The lowest BCUT2D eigenvalue weighted by atomic mass is 9.83. The summed E-state index contributed by atoms with van der Waals surface area (Å²) < 4.78 is 0.696. The van der Waals surface area contributed by atoms with E-state index < -0.39 is 12.1 Å². The highest BCUT2D eigenvalue weighted by molar-refractivity contribution is 8.01. The van der Waals surface area contributed by atoms with Crippen molar-refractivity contribution >= 4 is 35.0 Å². The van der Waals surface area contributed by atoms with Crippen LogP contribution in [0, 0.1) is 5.41 Å². The normalized spacial score (nSPS) is 19.5. The molecule has 1 aliphatic heterocycles. The van der Waals surface area contributed by atoms with E-state index in [1.807, 2.05) is 37.8 Å². The van der Waals surface area contributed by atoms with Crippen LogP contribution >= 0.6 is 23.1 Å². The lowest BCUT2D eigenvalue weighted by Gasteiger charge is -2.28. The second-order valence-electron chi connectivity index (χ2n) is 7.02. The number of aliphatic hydroxyl groups excluding tert-OH is 1. The SMILES string of the molecule is CCC(C)(C)[C@H](O)/C=C/[C@H]1CCC(=O)N1CCSc1nc(C(=O)O)cs1. The molecule has 2 rings (SSSR count). The number of rotatable bonds is 9. The summed E-state index contributed by atoms with van der Waals surface area (Å²) in [7, 11) is 0. The van der Waals surface area contributed by atoms with Gasteiger partial charge in [0, 0.05) is 24.1 Å². The first-order valence-electron chi connectivity index (χ1n) is 8.72. The minimum absolute atomic E-state index is 0.0104. The smallest absolute Gasteiger partial charge is 0.355 e. The van der Waals surface area contributed by atoms with Gasteiger partial charge in [-0.3, -0.25) is 4.79 Å². The van der Waals surface area contributed by atoms with E-state index in [-0.39, 0.29) is 23.1 Å². The maximum Gasteiger partial charge on any atom is 0.355 e. The first-order chi connectivity index (χ1) is 12.2. The molecule has 0 aliphatic carbocycles. The lowest BCUT2D eigenvalue weighted by Crippen LogP contribution is -2.34. The van der Waals surface area contributed by atoms with E-state index in [0.29, 0.717) is 23.1 Å². The van der Waals surface area contributed by atoms with E-state index in [4.69, 9.17) is 5.11 Å². The molecule has 2 N–H and O–H groups in total. The summed E-state index contributed by atoms with van der Waals surface area (Å²) in [6, 6.07) is 0.0104. The van der Waals surface area contributed by atoms with Crippen LogP contribution in [0.5, 0.6) is 0 Å². The first-order valence-corrected chi connectivity index (χ1v) is 10.6. The van der Waals surface area contributed by atoms with Crippen LogP contribution in [-0.2, 0) is 4.79 Å². The van der Waals surface area contributed by atoms with E-state index >= 15 is 0 Å². The van der Waals surface area contributed by atoms with Gasteiger partial charge >= 0.3 is 5.97 Å². The third-order valence-electron chi connectivity index (χ3n) is 4.86. The second kappa shape index (κ2) is 9.01. The quantitative estimate of drug-likeness (QED) is 0.490. The van der Waals surface area contributed by atoms with Gasteiger partial charge in [-0.15, -0.1) is 11.3 Å². The van der Waals surface area contributed by atoms with Crippen molar-refractivity contribution in [1.29, 1.82) is 0 Å². The van der Waals surface area contributed by atoms with E-state index in [1.54, 1.807) is 0 Å². The Hall–Kier alpha value is -1.38. The number of aliphatic hydroxyl groups is 1. The molecule has 1 fully saturated rings. The summed E-state index contributed by atoms with van der Waals surface area (Å²) in [5, 5.41) is 20.7. The van der Waals surface area contributed by atoms with Crippen molar-refractivity contribution < 1.29 is 19.8 Å². The van der Waals surface area contributed by atoms with Crippen LogP contribution in [0.25, 0.3) is 0 Å². The zero-order valence-corrected chi connectivity index (χ0v) is 17.0. The van der Waals surface area contributed by atoms with E-state index in [1.165, 1.54) is 28.5 Å². The van der Waals surface area contributed by atoms with Crippen molar-refractivity contribution in [1.82, 2.24) is 9.88 Å². The van der Waals surface area contributed by atoms with Crippen molar-refractivity contribution in [2.75, 3.05) is 12.3 Å². The Morgan fingerprint density at radius 3 is 2.92 bits per heavy atom. The van der Waals surface area contributed by atoms with Crippen molar-refractivity contribution in [2.24, 2.45) is 5.41 Å². The molecule has 0 unspecified atom stereocenters. The van der Waals surface area contributed by atoms with Crippen LogP contribution in [0.15, 0.2) is 21.9 Å². The molecular weight excluding hydrogens is 372 g/mol. The maximum absolute atomic E-state index is 12.1. The van der Waals surface area contributed by atoms with Crippen LogP contribution < -0.4 is 0 Å². The summed E-state index contributed by atoms with van der Waals surface area (Å²) in [4.78, 5) is 28.9. The Morgan fingerprint density at radius 1 is 1.58 bits per heavy atom. The number of nitrogens with zero attached hydrogens (tertiary/aromatic N) is 2. The summed E-state index contributed by atoms with van der Waals surface area (Å²) in [5.74, 6) is -0.248. The number of carbonyl (C=O) groups excluding carboxylic acids is 1. The molecule has 1 aliphatic rings. The number of carbonyl (C=O) groups is 2. The van der Waals surface area contributed by atoms with Crippen molar-refractivity contribution in [2.45, 2.75) is 56.5 Å². The van der Waals surface area contributed by atoms with E-state index in [9.17, 15) is 14.7 Å². The van der Waals surface area contributed by atoms with Gasteiger partial charge in [0.1, 0.15) is 0 Å². The highest BCUT2D eigenvalue weighted by atomic mass is 32.2. The molecule has 26 heavy (non-hydrogen) atoms. The van der Waals surface area contributed by atoms with E-state index in [0.717, 1.165) is 12.8 Å². The molecule has 1 aromatic heterocycles. The van der Waals surface area contributed by atoms with Gasteiger partial charge in [-0.2, -0.15) is 0 Å². The Balaban J connectivity index is 1.89. The van der Waals surface area contributed by atoms with Crippen LogP contribution in [0.1, 0.15) is 50.5 Å². The molecular formula is C18H26N2O4S2. The number of hydrogen-bond acceptors (Lipinski definition) is 6. The average Bonchev–Trinajstić information content (AvgIpc) is 3.20. The minimum atomic E-state index is -1.03. The Labute approximate surface area is 162 Å². The fourth-order valence-electron chi connectivity index (χ4n) is 2.60. The van der Waals surface area contributed by atoms with Gasteiger partial charge in [-0.25, -0.2) is 9.78 Å².